The molecule has 162 valence electrons. The van der Waals surface area contributed by atoms with Gasteiger partial charge in [-0.15, -0.1) is 0 Å². The number of esters is 1. The Balaban J connectivity index is 2.01. The fraction of sp³-hybridized carbons (Fsp3) is 0.364. The number of amides is 1. The first-order valence-electron chi connectivity index (χ1n) is 9.74. The molecule has 0 saturated heterocycles. The van der Waals surface area contributed by atoms with E-state index in [1.807, 2.05) is 26.0 Å². The van der Waals surface area contributed by atoms with E-state index in [2.05, 4.69) is 10.0 Å². The molecule has 0 aromatic heterocycles. The van der Waals surface area contributed by atoms with Crippen LogP contribution in [0.2, 0.25) is 0 Å². The second-order valence-electron chi connectivity index (χ2n) is 7.55. The minimum absolute atomic E-state index is 0.0477. The van der Waals surface area contributed by atoms with Crippen LogP contribution in [-0.4, -0.2) is 32.9 Å². The lowest BCUT2D eigenvalue weighted by atomic mass is 10.0. The second-order valence-corrected chi connectivity index (χ2v) is 9.27. The van der Waals surface area contributed by atoms with Gasteiger partial charge in [-0.25, -0.2) is 8.42 Å². The van der Waals surface area contributed by atoms with Crippen LogP contribution in [-0.2, 0) is 24.3 Å². The van der Waals surface area contributed by atoms with E-state index in [1.54, 1.807) is 44.2 Å². The Labute approximate surface area is 177 Å². The van der Waals surface area contributed by atoms with E-state index >= 15 is 0 Å². The number of rotatable bonds is 9. The summed E-state index contributed by atoms with van der Waals surface area (Å²) in [6, 6.07) is 14.0. The van der Waals surface area contributed by atoms with Crippen molar-refractivity contribution in [1.29, 1.82) is 0 Å². The molecule has 2 aromatic carbocycles. The van der Waals surface area contributed by atoms with Gasteiger partial charge in [-0.3, -0.25) is 9.59 Å². The molecule has 0 bridgehead atoms. The maximum Gasteiger partial charge on any atom is 0.324 e. The first-order chi connectivity index (χ1) is 14.1. The van der Waals surface area contributed by atoms with Crippen LogP contribution >= 0.6 is 0 Å². The molecule has 2 rings (SSSR count). The molecule has 0 saturated carbocycles. The monoisotopic (exact) mass is 432 g/mol. The van der Waals surface area contributed by atoms with E-state index in [1.165, 1.54) is 12.1 Å². The summed E-state index contributed by atoms with van der Waals surface area (Å²) in [6.07, 6.45) is 0. The molecule has 0 spiro atoms. The van der Waals surface area contributed by atoms with Crippen molar-refractivity contribution in [1.82, 2.24) is 4.72 Å². The summed E-state index contributed by atoms with van der Waals surface area (Å²) in [5.41, 5.74) is 1.62. The van der Waals surface area contributed by atoms with E-state index in [-0.39, 0.29) is 16.7 Å². The molecule has 0 aliphatic carbocycles. The topological polar surface area (TPSA) is 102 Å². The Kier molecular flexibility index (Phi) is 8.14. The summed E-state index contributed by atoms with van der Waals surface area (Å²) >= 11 is 0. The highest BCUT2D eigenvalue weighted by molar-refractivity contribution is 7.89. The largest absolute Gasteiger partial charge is 0.454 e. The Hall–Kier alpha value is -2.71. The van der Waals surface area contributed by atoms with Crippen LogP contribution in [0.1, 0.15) is 39.2 Å². The van der Waals surface area contributed by atoms with Gasteiger partial charge in [0.05, 0.1) is 4.90 Å². The Morgan fingerprint density at radius 1 is 0.933 bits per heavy atom. The lowest BCUT2D eigenvalue weighted by Crippen LogP contribution is -2.45. The summed E-state index contributed by atoms with van der Waals surface area (Å²) in [7, 11) is -3.90. The van der Waals surface area contributed by atoms with Crippen molar-refractivity contribution in [2.45, 2.75) is 44.6 Å². The number of anilines is 1. The first-order valence-corrected chi connectivity index (χ1v) is 11.2. The quantitative estimate of drug-likeness (QED) is 0.592. The molecular weight excluding hydrogens is 404 g/mol. The smallest absolute Gasteiger partial charge is 0.324 e. The SMILES string of the molecule is CC(C)c1ccccc1NC(=O)COC(=O)[C@@H](NS(=O)(=O)c1ccccc1)C(C)C. The van der Waals surface area contributed by atoms with Crippen molar-refractivity contribution in [3.8, 4) is 0 Å². The van der Waals surface area contributed by atoms with Gasteiger partial charge in [0.15, 0.2) is 6.61 Å². The molecule has 0 radical (unpaired) electrons. The third-order valence-corrected chi connectivity index (χ3v) is 5.92. The van der Waals surface area contributed by atoms with Gasteiger partial charge in [-0.05, 0) is 35.6 Å². The summed E-state index contributed by atoms with van der Waals surface area (Å²) in [6.45, 7) is 6.90. The van der Waals surface area contributed by atoms with Crippen molar-refractivity contribution in [3.05, 3.63) is 60.2 Å². The number of benzene rings is 2. The number of ether oxygens (including phenoxy) is 1. The minimum Gasteiger partial charge on any atom is -0.454 e. The number of carbonyl (C=O) groups is 2. The van der Waals surface area contributed by atoms with Crippen molar-refractivity contribution in [3.63, 3.8) is 0 Å². The highest BCUT2D eigenvalue weighted by Gasteiger charge is 2.30. The number of carbonyl (C=O) groups excluding carboxylic acids is 2. The van der Waals surface area contributed by atoms with Gasteiger partial charge in [0.25, 0.3) is 5.91 Å². The number of sulfonamides is 1. The summed E-state index contributed by atoms with van der Waals surface area (Å²) in [5, 5.41) is 2.73. The van der Waals surface area contributed by atoms with Crippen LogP contribution in [0.3, 0.4) is 0 Å². The molecule has 0 heterocycles. The van der Waals surface area contributed by atoms with E-state index in [0.29, 0.717) is 5.69 Å². The molecule has 30 heavy (non-hydrogen) atoms. The molecule has 0 aliphatic rings. The Morgan fingerprint density at radius 2 is 1.53 bits per heavy atom. The number of hydrogen-bond donors (Lipinski definition) is 2. The van der Waals surface area contributed by atoms with Gasteiger partial charge in [0, 0.05) is 5.69 Å². The lowest BCUT2D eigenvalue weighted by molar-refractivity contribution is -0.150. The molecule has 0 unspecified atom stereocenters. The zero-order chi connectivity index (χ0) is 22.3. The first kappa shape index (κ1) is 23.6. The lowest BCUT2D eigenvalue weighted by Gasteiger charge is -2.21. The molecule has 1 amide bonds. The van der Waals surface area contributed by atoms with Crippen LogP contribution in [0.4, 0.5) is 5.69 Å². The maximum absolute atomic E-state index is 12.5. The molecule has 8 heteroatoms. The van der Waals surface area contributed by atoms with Crippen molar-refractivity contribution < 1.29 is 22.7 Å². The molecular formula is C22H28N2O5S. The zero-order valence-electron chi connectivity index (χ0n) is 17.6. The fourth-order valence-corrected chi connectivity index (χ4v) is 4.17. The van der Waals surface area contributed by atoms with Crippen LogP contribution in [0.5, 0.6) is 0 Å². The predicted octanol–water partition coefficient (Wildman–Crippen LogP) is 3.29. The number of para-hydroxylation sites is 1. The van der Waals surface area contributed by atoms with Crippen molar-refractivity contribution >= 4 is 27.6 Å². The summed E-state index contributed by atoms with van der Waals surface area (Å²) in [4.78, 5) is 24.8. The average Bonchev–Trinajstić information content (AvgIpc) is 2.71. The van der Waals surface area contributed by atoms with Crippen LogP contribution < -0.4 is 10.0 Å². The Morgan fingerprint density at radius 3 is 2.13 bits per heavy atom. The van der Waals surface area contributed by atoms with Gasteiger partial charge in [-0.1, -0.05) is 64.1 Å². The van der Waals surface area contributed by atoms with Crippen LogP contribution in [0, 0.1) is 5.92 Å². The third-order valence-electron chi connectivity index (χ3n) is 4.46. The molecule has 7 nitrogen and oxygen atoms in total. The third kappa shape index (κ3) is 6.40. The van der Waals surface area contributed by atoms with Crippen molar-refractivity contribution in [2.24, 2.45) is 5.92 Å². The minimum atomic E-state index is -3.90. The average molecular weight is 433 g/mol. The highest BCUT2D eigenvalue weighted by atomic mass is 32.2. The van der Waals surface area contributed by atoms with E-state index < -0.39 is 34.5 Å². The van der Waals surface area contributed by atoms with E-state index in [0.717, 1.165) is 5.56 Å². The van der Waals surface area contributed by atoms with E-state index in [4.69, 9.17) is 4.74 Å². The van der Waals surface area contributed by atoms with Gasteiger partial charge in [0.1, 0.15) is 6.04 Å². The maximum atomic E-state index is 12.5. The van der Waals surface area contributed by atoms with Crippen LogP contribution in [0.15, 0.2) is 59.5 Å². The second kappa shape index (κ2) is 10.4. The molecule has 2 N–H and O–H groups in total. The van der Waals surface area contributed by atoms with E-state index in [9.17, 15) is 18.0 Å². The fourth-order valence-electron chi connectivity index (χ4n) is 2.82. The Bertz CT molecular complexity index is 972. The standard InChI is InChI=1S/C22H28N2O5S/c1-15(2)18-12-8-9-13-19(18)23-20(25)14-29-22(26)21(16(3)4)24-30(27,28)17-10-6-5-7-11-17/h5-13,15-16,21,24H,14H2,1-4H3,(H,23,25)/t21-/m0/s1. The van der Waals surface area contributed by atoms with Crippen LogP contribution in [0.25, 0.3) is 0 Å². The summed E-state index contributed by atoms with van der Waals surface area (Å²) in [5.74, 6) is -1.47. The van der Waals surface area contributed by atoms with Gasteiger partial charge in [0.2, 0.25) is 10.0 Å². The van der Waals surface area contributed by atoms with Gasteiger partial charge in [-0.2, -0.15) is 4.72 Å². The normalized spacial score (nSPS) is 12.6. The zero-order valence-corrected chi connectivity index (χ0v) is 18.4. The number of hydrogen-bond acceptors (Lipinski definition) is 5. The van der Waals surface area contributed by atoms with Gasteiger partial charge >= 0.3 is 5.97 Å². The van der Waals surface area contributed by atoms with Crippen molar-refractivity contribution in [2.75, 3.05) is 11.9 Å². The molecule has 0 aliphatic heterocycles. The highest BCUT2D eigenvalue weighted by Crippen LogP contribution is 2.23. The molecule has 2 aromatic rings. The summed E-state index contributed by atoms with van der Waals surface area (Å²) < 4.78 is 32.5. The van der Waals surface area contributed by atoms with Gasteiger partial charge < -0.3 is 10.1 Å². The predicted molar refractivity (Wildman–Crippen MR) is 116 cm³/mol. The molecule has 1 atom stereocenters. The number of nitrogens with one attached hydrogen (secondary N) is 2. The molecule has 0 fully saturated rings.